The van der Waals surface area contributed by atoms with Crippen LogP contribution in [-0.4, -0.2) is 26.1 Å². The largest absolute Gasteiger partial charge is 0.374 e. The second kappa shape index (κ2) is 5.78. The van der Waals surface area contributed by atoms with Crippen molar-refractivity contribution in [3.63, 3.8) is 0 Å². The van der Waals surface area contributed by atoms with Gasteiger partial charge in [0.1, 0.15) is 10.7 Å². The first kappa shape index (κ1) is 12.1. The Morgan fingerprint density at radius 3 is 3.24 bits per heavy atom. The van der Waals surface area contributed by atoms with E-state index in [2.05, 4.69) is 24.9 Å². The molecule has 2 aromatic rings. The Balaban J connectivity index is 2.02. The molecular formula is C9H11N5OS2. The van der Waals surface area contributed by atoms with Gasteiger partial charge < -0.3 is 10.3 Å². The number of H-pyrrole nitrogens is 1. The summed E-state index contributed by atoms with van der Waals surface area (Å²) in [7, 11) is 0. The predicted molar refractivity (Wildman–Crippen MR) is 68.5 cm³/mol. The molecule has 17 heavy (non-hydrogen) atoms. The van der Waals surface area contributed by atoms with E-state index in [1.165, 1.54) is 35.6 Å². The molecule has 2 heterocycles. The first-order chi connectivity index (χ1) is 8.29. The fourth-order valence-corrected chi connectivity index (χ4v) is 2.68. The van der Waals surface area contributed by atoms with E-state index in [4.69, 9.17) is 0 Å². The molecule has 0 amide bonds. The molecule has 2 rings (SSSR count). The Bertz CT molecular complexity index is 538. The average molecular weight is 269 g/mol. The molecule has 0 aliphatic rings. The third-order valence-corrected chi connectivity index (χ3v) is 3.51. The molecule has 8 heteroatoms. The van der Waals surface area contributed by atoms with Crippen LogP contribution in [0.5, 0.6) is 0 Å². The summed E-state index contributed by atoms with van der Waals surface area (Å²) in [6, 6.07) is 1.39. The number of nitrogens with one attached hydrogen (secondary N) is 2. The van der Waals surface area contributed by atoms with Gasteiger partial charge in [0.25, 0.3) is 5.56 Å². The zero-order chi connectivity index (χ0) is 12.1. The van der Waals surface area contributed by atoms with Gasteiger partial charge in [-0.25, -0.2) is 4.98 Å². The van der Waals surface area contributed by atoms with Gasteiger partial charge in [-0.05, 0) is 6.92 Å². The highest BCUT2D eigenvalue weighted by Crippen LogP contribution is 2.24. The third-order valence-electron chi connectivity index (χ3n) is 1.89. The molecule has 0 bridgehead atoms. The van der Waals surface area contributed by atoms with Crippen LogP contribution in [-0.2, 0) is 5.75 Å². The fourth-order valence-electron chi connectivity index (χ4n) is 1.16. The lowest BCUT2D eigenvalue weighted by Crippen LogP contribution is -2.05. The van der Waals surface area contributed by atoms with Gasteiger partial charge in [-0.2, -0.15) is 0 Å². The molecule has 2 aromatic heterocycles. The summed E-state index contributed by atoms with van der Waals surface area (Å²) in [5.41, 5.74) is 0.735. The molecule has 0 aliphatic carbocycles. The lowest BCUT2D eigenvalue weighted by Gasteiger charge is -2.01. The van der Waals surface area contributed by atoms with Crippen LogP contribution >= 0.6 is 23.3 Å². The molecule has 0 spiro atoms. The van der Waals surface area contributed by atoms with Crippen molar-refractivity contribution in [3.8, 4) is 0 Å². The Labute approximate surface area is 106 Å². The summed E-state index contributed by atoms with van der Waals surface area (Å²) in [5.74, 6) is 0.631. The Morgan fingerprint density at radius 2 is 2.47 bits per heavy atom. The van der Waals surface area contributed by atoms with E-state index in [1.54, 1.807) is 0 Å². The van der Waals surface area contributed by atoms with Crippen LogP contribution in [0.1, 0.15) is 12.6 Å². The number of aromatic amines is 1. The smallest absolute Gasteiger partial charge is 0.251 e. The molecule has 0 saturated carbocycles. The number of rotatable bonds is 5. The van der Waals surface area contributed by atoms with Gasteiger partial charge in [0, 0.05) is 36.1 Å². The molecule has 0 unspecified atom stereocenters. The molecule has 0 aliphatic heterocycles. The van der Waals surface area contributed by atoms with E-state index < -0.39 is 0 Å². The van der Waals surface area contributed by atoms with E-state index in [0.717, 1.165) is 17.2 Å². The van der Waals surface area contributed by atoms with Crippen LogP contribution in [0.2, 0.25) is 0 Å². The van der Waals surface area contributed by atoms with Crippen molar-refractivity contribution in [2.75, 3.05) is 11.9 Å². The number of thioether (sulfide) groups is 1. The summed E-state index contributed by atoms with van der Waals surface area (Å²) < 4.78 is 3.89. The monoisotopic (exact) mass is 269 g/mol. The number of aromatic nitrogens is 4. The number of hydrogen-bond acceptors (Lipinski definition) is 7. The molecule has 6 nitrogen and oxygen atoms in total. The van der Waals surface area contributed by atoms with Crippen LogP contribution in [0.15, 0.2) is 22.2 Å². The lowest BCUT2D eigenvalue weighted by molar-refractivity contribution is 0.934. The number of anilines is 1. The Morgan fingerprint density at radius 1 is 1.59 bits per heavy atom. The Hall–Kier alpha value is -1.41. The van der Waals surface area contributed by atoms with Crippen molar-refractivity contribution in [2.24, 2.45) is 0 Å². The van der Waals surface area contributed by atoms with Gasteiger partial charge in [-0.1, -0.05) is 16.3 Å². The lowest BCUT2D eigenvalue weighted by atomic mass is 10.5. The normalized spacial score (nSPS) is 10.4. The Kier molecular flexibility index (Phi) is 4.10. The standard InChI is InChI=1S/C9H11N5OS2/c1-2-10-8-6(13-14-17-8)5-16-9-11-4-3-7(15)12-9/h3-4,10H,2,5H2,1H3,(H,11,12,15). The maximum Gasteiger partial charge on any atom is 0.251 e. The van der Waals surface area contributed by atoms with Crippen molar-refractivity contribution in [1.29, 1.82) is 0 Å². The molecule has 2 N–H and O–H groups in total. The van der Waals surface area contributed by atoms with Crippen molar-refractivity contribution < 1.29 is 0 Å². The van der Waals surface area contributed by atoms with Crippen LogP contribution < -0.4 is 10.9 Å². The fraction of sp³-hybridized carbons (Fsp3) is 0.333. The van der Waals surface area contributed by atoms with Gasteiger partial charge in [0.2, 0.25) is 0 Å². The topological polar surface area (TPSA) is 83.6 Å². The molecular weight excluding hydrogens is 258 g/mol. The molecule has 0 fully saturated rings. The van der Waals surface area contributed by atoms with Crippen LogP contribution in [0, 0.1) is 0 Å². The van der Waals surface area contributed by atoms with E-state index in [-0.39, 0.29) is 5.56 Å². The highest BCUT2D eigenvalue weighted by atomic mass is 32.2. The van der Waals surface area contributed by atoms with Crippen molar-refractivity contribution in [2.45, 2.75) is 17.8 Å². The van der Waals surface area contributed by atoms with E-state index in [1.807, 2.05) is 6.92 Å². The van der Waals surface area contributed by atoms with E-state index >= 15 is 0 Å². The maximum absolute atomic E-state index is 11.1. The van der Waals surface area contributed by atoms with Crippen LogP contribution in [0.4, 0.5) is 5.00 Å². The van der Waals surface area contributed by atoms with Gasteiger partial charge >= 0.3 is 0 Å². The minimum Gasteiger partial charge on any atom is -0.374 e. The molecule has 0 aromatic carbocycles. The quantitative estimate of drug-likeness (QED) is 0.629. The predicted octanol–water partition coefficient (Wildman–Crippen LogP) is 1.35. The molecule has 0 atom stereocenters. The molecule has 0 saturated heterocycles. The first-order valence-corrected chi connectivity index (χ1v) is 6.78. The maximum atomic E-state index is 11.1. The minimum absolute atomic E-state index is 0.147. The van der Waals surface area contributed by atoms with Crippen molar-refractivity contribution in [1.82, 2.24) is 19.6 Å². The van der Waals surface area contributed by atoms with E-state index in [0.29, 0.717) is 10.9 Å². The summed E-state index contributed by atoms with van der Waals surface area (Å²) in [6.07, 6.45) is 1.49. The number of hydrogen-bond donors (Lipinski definition) is 2. The van der Waals surface area contributed by atoms with Crippen LogP contribution in [0.3, 0.4) is 0 Å². The van der Waals surface area contributed by atoms with Gasteiger partial charge in [-0.15, -0.1) is 5.10 Å². The van der Waals surface area contributed by atoms with Gasteiger partial charge in [0.05, 0.1) is 0 Å². The summed E-state index contributed by atoms with van der Waals surface area (Å²) in [4.78, 5) is 17.8. The molecule has 0 radical (unpaired) electrons. The highest BCUT2D eigenvalue weighted by molar-refractivity contribution is 7.98. The van der Waals surface area contributed by atoms with Crippen LogP contribution in [0.25, 0.3) is 0 Å². The van der Waals surface area contributed by atoms with Gasteiger partial charge in [-0.3, -0.25) is 4.79 Å². The zero-order valence-corrected chi connectivity index (χ0v) is 10.8. The van der Waals surface area contributed by atoms with Crippen molar-refractivity contribution in [3.05, 3.63) is 28.3 Å². The van der Waals surface area contributed by atoms with Gasteiger partial charge in [0.15, 0.2) is 5.16 Å². The summed E-state index contributed by atoms with van der Waals surface area (Å²) >= 11 is 2.76. The second-order valence-corrected chi connectivity index (χ2v) is 4.83. The van der Waals surface area contributed by atoms with E-state index in [9.17, 15) is 4.79 Å². The van der Waals surface area contributed by atoms with Crippen molar-refractivity contribution >= 4 is 28.3 Å². The zero-order valence-electron chi connectivity index (χ0n) is 9.14. The summed E-state index contributed by atoms with van der Waals surface area (Å²) in [5, 5.41) is 8.79. The second-order valence-electron chi connectivity index (χ2n) is 3.11. The average Bonchev–Trinajstić information content (AvgIpc) is 2.75. The minimum atomic E-state index is -0.147. The SMILES string of the molecule is CCNc1snnc1CSc1nccc(=O)[nH]1. The molecule has 90 valence electrons. The highest BCUT2D eigenvalue weighted by Gasteiger charge is 2.08. The first-order valence-electron chi connectivity index (χ1n) is 5.03. The number of nitrogens with zero attached hydrogens (tertiary/aromatic N) is 3. The third kappa shape index (κ3) is 3.27. The summed E-state index contributed by atoms with van der Waals surface area (Å²) in [6.45, 7) is 2.86.